The summed E-state index contributed by atoms with van der Waals surface area (Å²) in [6, 6.07) is 5.85. The van der Waals surface area contributed by atoms with E-state index in [0.717, 1.165) is 43.0 Å². The van der Waals surface area contributed by atoms with E-state index >= 15 is 0 Å². The van der Waals surface area contributed by atoms with Gasteiger partial charge in [-0.15, -0.1) is 0 Å². The molecule has 1 aliphatic rings. The molecule has 112 valence electrons. The number of hydrogen-bond donors (Lipinski definition) is 1. The van der Waals surface area contributed by atoms with Crippen LogP contribution in [0.5, 0.6) is 0 Å². The summed E-state index contributed by atoms with van der Waals surface area (Å²) in [5.41, 5.74) is 1.79. The van der Waals surface area contributed by atoms with Gasteiger partial charge in [0.15, 0.2) is 0 Å². The van der Waals surface area contributed by atoms with E-state index in [0.29, 0.717) is 6.42 Å². The largest absolute Gasteiger partial charge is 0.467 e. The lowest BCUT2D eigenvalue weighted by Gasteiger charge is -2.28. The Hall–Kier alpha value is -2.04. The monoisotopic (exact) mass is 287 g/mol. The van der Waals surface area contributed by atoms with Crippen molar-refractivity contribution in [1.82, 2.24) is 15.1 Å². The molecule has 1 atom stereocenters. The molecule has 0 radical (unpaired) electrons. The van der Waals surface area contributed by atoms with Crippen LogP contribution in [0.2, 0.25) is 0 Å². The molecule has 0 spiro atoms. The fraction of sp³-hybridized carbons (Fsp3) is 0.500. The van der Waals surface area contributed by atoms with Crippen molar-refractivity contribution in [2.75, 3.05) is 6.54 Å². The lowest BCUT2D eigenvalue weighted by Crippen LogP contribution is -2.35. The van der Waals surface area contributed by atoms with Crippen LogP contribution < -0.4 is 0 Å². The van der Waals surface area contributed by atoms with E-state index in [2.05, 4.69) is 10.2 Å². The first-order valence-corrected chi connectivity index (χ1v) is 7.58. The fourth-order valence-electron chi connectivity index (χ4n) is 3.01. The fourth-order valence-corrected chi connectivity index (χ4v) is 3.01. The molecule has 1 amide bonds. The number of carbonyl (C=O) groups is 1. The molecule has 2 aromatic rings. The summed E-state index contributed by atoms with van der Waals surface area (Å²) in [5, 5.41) is 7.05. The first-order valence-electron chi connectivity index (χ1n) is 7.58. The minimum atomic E-state index is 0.0649. The number of aryl methyl sites for hydroxylation is 1. The summed E-state index contributed by atoms with van der Waals surface area (Å²) in [5.74, 6) is 1.02. The van der Waals surface area contributed by atoms with E-state index in [-0.39, 0.29) is 11.9 Å². The third-order valence-corrected chi connectivity index (χ3v) is 4.04. The number of nitrogens with zero attached hydrogens (tertiary/aromatic N) is 2. The van der Waals surface area contributed by atoms with Crippen molar-refractivity contribution < 1.29 is 9.21 Å². The highest BCUT2D eigenvalue weighted by Crippen LogP contribution is 2.30. The summed E-state index contributed by atoms with van der Waals surface area (Å²) >= 11 is 0. The molecule has 21 heavy (non-hydrogen) atoms. The molecule has 5 nitrogen and oxygen atoms in total. The smallest absolute Gasteiger partial charge is 0.229 e. The van der Waals surface area contributed by atoms with E-state index in [1.165, 1.54) is 6.42 Å². The van der Waals surface area contributed by atoms with Crippen molar-refractivity contribution in [2.24, 2.45) is 0 Å². The predicted octanol–water partition coefficient (Wildman–Crippen LogP) is 3.00. The topological polar surface area (TPSA) is 62.1 Å². The lowest BCUT2D eigenvalue weighted by molar-refractivity contribution is -0.133. The van der Waals surface area contributed by atoms with Gasteiger partial charge in [-0.25, -0.2) is 0 Å². The Morgan fingerprint density at radius 2 is 2.38 bits per heavy atom. The molecule has 0 unspecified atom stereocenters. The molecule has 3 rings (SSSR count). The Kier molecular flexibility index (Phi) is 4.08. The van der Waals surface area contributed by atoms with Crippen LogP contribution in [0.4, 0.5) is 0 Å². The number of nitrogens with one attached hydrogen (secondary N) is 1. The molecule has 0 aromatic carbocycles. The van der Waals surface area contributed by atoms with Gasteiger partial charge < -0.3 is 9.32 Å². The third-order valence-electron chi connectivity index (χ3n) is 4.04. The average Bonchev–Trinajstić information content (AvgIpc) is 3.06. The number of rotatable bonds is 3. The minimum Gasteiger partial charge on any atom is -0.467 e. The number of H-pyrrole nitrogens is 1. The SMILES string of the molecule is Cc1cc(CC(=O)N2CCCCC[C@@H]2c2ccco2)n[nH]1. The van der Waals surface area contributed by atoms with E-state index in [9.17, 15) is 4.79 Å². The van der Waals surface area contributed by atoms with Gasteiger partial charge in [-0.05, 0) is 38.0 Å². The van der Waals surface area contributed by atoms with Gasteiger partial charge in [0.2, 0.25) is 5.91 Å². The average molecular weight is 287 g/mol. The van der Waals surface area contributed by atoms with Crippen LogP contribution in [0.1, 0.15) is 48.9 Å². The Balaban J connectivity index is 1.77. The summed E-state index contributed by atoms with van der Waals surface area (Å²) in [6.45, 7) is 2.74. The van der Waals surface area contributed by atoms with Gasteiger partial charge in [0.1, 0.15) is 5.76 Å². The maximum atomic E-state index is 12.7. The number of amides is 1. The zero-order chi connectivity index (χ0) is 14.7. The highest BCUT2D eigenvalue weighted by molar-refractivity contribution is 5.78. The Morgan fingerprint density at radius 1 is 1.48 bits per heavy atom. The molecule has 0 bridgehead atoms. The molecular weight excluding hydrogens is 266 g/mol. The first kappa shape index (κ1) is 13.9. The summed E-state index contributed by atoms with van der Waals surface area (Å²) in [7, 11) is 0. The summed E-state index contributed by atoms with van der Waals surface area (Å²) < 4.78 is 5.55. The van der Waals surface area contributed by atoms with Gasteiger partial charge >= 0.3 is 0 Å². The third kappa shape index (κ3) is 3.17. The molecular formula is C16H21N3O2. The zero-order valence-corrected chi connectivity index (χ0v) is 12.3. The van der Waals surface area contributed by atoms with Crippen LogP contribution in [-0.2, 0) is 11.2 Å². The minimum absolute atomic E-state index is 0.0649. The zero-order valence-electron chi connectivity index (χ0n) is 12.3. The lowest BCUT2D eigenvalue weighted by atomic mass is 10.1. The van der Waals surface area contributed by atoms with E-state index in [4.69, 9.17) is 4.42 Å². The predicted molar refractivity (Wildman–Crippen MR) is 78.7 cm³/mol. The van der Waals surface area contributed by atoms with Crippen molar-refractivity contribution in [3.05, 3.63) is 41.6 Å². The molecule has 1 aliphatic heterocycles. The molecule has 1 N–H and O–H groups in total. The number of carbonyl (C=O) groups excluding carboxylic acids is 1. The van der Waals surface area contributed by atoms with Crippen LogP contribution in [0.3, 0.4) is 0 Å². The first-order chi connectivity index (χ1) is 10.2. The van der Waals surface area contributed by atoms with Gasteiger partial charge in [-0.1, -0.05) is 12.8 Å². The molecule has 1 saturated heterocycles. The van der Waals surface area contributed by atoms with Gasteiger partial charge in [-0.3, -0.25) is 9.89 Å². The second-order valence-corrected chi connectivity index (χ2v) is 5.69. The molecule has 0 saturated carbocycles. The van der Waals surface area contributed by atoms with Crippen LogP contribution in [0.25, 0.3) is 0 Å². The van der Waals surface area contributed by atoms with Gasteiger partial charge in [0, 0.05) is 12.2 Å². The van der Waals surface area contributed by atoms with Crippen LogP contribution >= 0.6 is 0 Å². The molecule has 1 fully saturated rings. The summed E-state index contributed by atoms with van der Waals surface area (Å²) in [6.07, 6.45) is 6.36. The number of likely N-dealkylation sites (tertiary alicyclic amines) is 1. The Bertz CT molecular complexity index is 588. The number of hydrogen-bond acceptors (Lipinski definition) is 3. The molecule has 5 heteroatoms. The van der Waals surface area contributed by atoms with Crippen LogP contribution in [0, 0.1) is 6.92 Å². The quantitative estimate of drug-likeness (QED) is 0.944. The molecule has 0 aliphatic carbocycles. The van der Waals surface area contributed by atoms with Crippen LogP contribution in [0.15, 0.2) is 28.9 Å². The number of aromatic amines is 1. The van der Waals surface area contributed by atoms with Gasteiger partial charge in [0.05, 0.1) is 24.4 Å². The number of aromatic nitrogens is 2. The van der Waals surface area contributed by atoms with Crippen molar-refractivity contribution in [1.29, 1.82) is 0 Å². The maximum Gasteiger partial charge on any atom is 0.229 e. The van der Waals surface area contributed by atoms with Gasteiger partial charge in [0.25, 0.3) is 0 Å². The van der Waals surface area contributed by atoms with E-state index in [1.807, 2.05) is 30.0 Å². The summed E-state index contributed by atoms with van der Waals surface area (Å²) in [4.78, 5) is 14.6. The van der Waals surface area contributed by atoms with Crippen molar-refractivity contribution in [3.8, 4) is 0 Å². The molecule has 2 aromatic heterocycles. The second kappa shape index (κ2) is 6.16. The standard InChI is InChI=1S/C16H21N3O2/c1-12-10-13(18-17-12)11-16(20)19-8-4-2-3-6-14(19)15-7-5-9-21-15/h5,7,9-10,14H,2-4,6,8,11H2,1H3,(H,17,18)/t14-/m1/s1. The maximum absolute atomic E-state index is 12.7. The second-order valence-electron chi connectivity index (χ2n) is 5.69. The highest BCUT2D eigenvalue weighted by Gasteiger charge is 2.28. The van der Waals surface area contributed by atoms with E-state index < -0.39 is 0 Å². The van der Waals surface area contributed by atoms with E-state index in [1.54, 1.807) is 6.26 Å². The highest BCUT2D eigenvalue weighted by atomic mass is 16.3. The van der Waals surface area contributed by atoms with Gasteiger partial charge in [-0.2, -0.15) is 5.10 Å². The van der Waals surface area contributed by atoms with Crippen molar-refractivity contribution in [3.63, 3.8) is 0 Å². The number of furan rings is 1. The normalized spacial score (nSPS) is 19.5. The molecule has 3 heterocycles. The van der Waals surface area contributed by atoms with Crippen molar-refractivity contribution in [2.45, 2.75) is 45.1 Å². The van der Waals surface area contributed by atoms with Crippen molar-refractivity contribution >= 4 is 5.91 Å². The Morgan fingerprint density at radius 3 is 3.10 bits per heavy atom. The van der Waals surface area contributed by atoms with Crippen LogP contribution in [-0.4, -0.2) is 27.5 Å². The Labute approximate surface area is 124 Å².